The number of esters is 1. The van der Waals surface area contributed by atoms with Gasteiger partial charge in [-0.3, -0.25) is 9.59 Å². The van der Waals surface area contributed by atoms with E-state index in [0.29, 0.717) is 6.42 Å². The maximum Gasteiger partial charge on any atom is 0.303 e. The first kappa shape index (κ1) is 11.1. The zero-order valence-electron chi connectivity index (χ0n) is 7.92. The van der Waals surface area contributed by atoms with E-state index < -0.39 is 6.10 Å². The van der Waals surface area contributed by atoms with Crippen molar-refractivity contribution in [3.63, 3.8) is 0 Å². The van der Waals surface area contributed by atoms with Crippen molar-refractivity contribution in [3.8, 4) is 0 Å². The first-order valence-corrected chi connectivity index (χ1v) is 4.25. The lowest BCUT2D eigenvalue weighted by Crippen LogP contribution is -2.23. The molecule has 12 heavy (non-hydrogen) atoms. The predicted octanol–water partition coefficient (Wildman–Crippen LogP) is 1.70. The van der Waals surface area contributed by atoms with E-state index in [4.69, 9.17) is 4.74 Å². The molecule has 0 saturated heterocycles. The smallest absolute Gasteiger partial charge is 0.303 e. The van der Waals surface area contributed by atoms with Crippen molar-refractivity contribution >= 4 is 11.8 Å². The number of carbonyl (C=O) groups is 2. The number of hydrogen-bond acceptors (Lipinski definition) is 3. The Hall–Kier alpha value is -0.860. The molecule has 0 fully saturated rings. The quantitative estimate of drug-likeness (QED) is 0.593. The molecule has 0 amide bonds. The molecule has 0 aromatic rings. The van der Waals surface area contributed by atoms with Crippen LogP contribution in [0.25, 0.3) is 0 Å². The molecule has 0 saturated carbocycles. The zero-order valence-corrected chi connectivity index (χ0v) is 7.92. The van der Waals surface area contributed by atoms with Crippen LogP contribution in [0.4, 0.5) is 0 Å². The summed E-state index contributed by atoms with van der Waals surface area (Å²) in [6.45, 7) is 4.80. The van der Waals surface area contributed by atoms with Gasteiger partial charge in [0.2, 0.25) is 0 Å². The normalized spacial score (nSPS) is 12.2. The number of unbranched alkanes of at least 4 members (excludes halogenated alkanes) is 1. The summed E-state index contributed by atoms with van der Waals surface area (Å²) in [5, 5.41) is 0. The highest BCUT2D eigenvalue weighted by atomic mass is 16.5. The molecule has 0 aliphatic heterocycles. The molecule has 0 heterocycles. The molecule has 70 valence electrons. The minimum absolute atomic E-state index is 0.0707. The molecule has 1 unspecified atom stereocenters. The molecule has 0 aromatic carbocycles. The third-order valence-electron chi connectivity index (χ3n) is 1.58. The standard InChI is InChI=1S/C9H16O3/c1-4-5-6-9(7(2)10)12-8(3)11/h9H,4-6H2,1-3H3. The highest BCUT2D eigenvalue weighted by molar-refractivity contribution is 5.82. The van der Waals surface area contributed by atoms with Crippen molar-refractivity contribution in [2.45, 2.75) is 46.1 Å². The molecule has 0 rings (SSSR count). The fourth-order valence-corrected chi connectivity index (χ4v) is 0.935. The van der Waals surface area contributed by atoms with Crippen molar-refractivity contribution in [2.24, 2.45) is 0 Å². The van der Waals surface area contributed by atoms with Crippen LogP contribution in [0, 0.1) is 0 Å². The monoisotopic (exact) mass is 172 g/mol. The first-order valence-electron chi connectivity index (χ1n) is 4.25. The van der Waals surface area contributed by atoms with Crippen LogP contribution < -0.4 is 0 Å². The maximum absolute atomic E-state index is 10.9. The third-order valence-corrected chi connectivity index (χ3v) is 1.58. The topological polar surface area (TPSA) is 43.4 Å². The van der Waals surface area contributed by atoms with Gasteiger partial charge in [-0.25, -0.2) is 0 Å². The average Bonchev–Trinajstić information content (AvgIpc) is 1.96. The number of ketones is 1. The molecule has 3 heteroatoms. The van der Waals surface area contributed by atoms with E-state index in [-0.39, 0.29) is 11.8 Å². The second kappa shape index (κ2) is 5.75. The second-order valence-corrected chi connectivity index (χ2v) is 2.85. The van der Waals surface area contributed by atoms with Crippen LogP contribution in [-0.2, 0) is 14.3 Å². The summed E-state index contributed by atoms with van der Waals surface area (Å²) >= 11 is 0. The van der Waals surface area contributed by atoms with Gasteiger partial charge in [-0.2, -0.15) is 0 Å². The Morgan fingerprint density at radius 3 is 2.25 bits per heavy atom. The van der Waals surface area contributed by atoms with Crippen LogP contribution in [0.2, 0.25) is 0 Å². The van der Waals surface area contributed by atoms with Gasteiger partial charge in [-0.1, -0.05) is 13.3 Å². The fraction of sp³-hybridized carbons (Fsp3) is 0.778. The number of ether oxygens (including phenoxy) is 1. The summed E-state index contributed by atoms with van der Waals surface area (Å²) < 4.78 is 4.83. The molecule has 0 radical (unpaired) electrons. The third kappa shape index (κ3) is 4.88. The number of rotatable bonds is 5. The van der Waals surface area contributed by atoms with E-state index in [2.05, 4.69) is 0 Å². The van der Waals surface area contributed by atoms with Crippen molar-refractivity contribution in [3.05, 3.63) is 0 Å². The number of Topliss-reactive ketones (excluding diaryl/α,β-unsaturated/α-hetero) is 1. The summed E-state index contributed by atoms with van der Waals surface area (Å²) in [6.07, 6.45) is 2.04. The summed E-state index contributed by atoms with van der Waals surface area (Å²) in [4.78, 5) is 21.5. The zero-order chi connectivity index (χ0) is 9.56. The minimum atomic E-state index is -0.526. The number of hydrogen-bond donors (Lipinski definition) is 0. The first-order chi connectivity index (χ1) is 5.57. The van der Waals surface area contributed by atoms with Crippen LogP contribution in [0.5, 0.6) is 0 Å². The Balaban J connectivity index is 3.87. The van der Waals surface area contributed by atoms with E-state index >= 15 is 0 Å². The lowest BCUT2D eigenvalue weighted by atomic mass is 10.1. The van der Waals surface area contributed by atoms with E-state index in [1.165, 1.54) is 13.8 Å². The van der Waals surface area contributed by atoms with E-state index in [9.17, 15) is 9.59 Å². The molecule has 3 nitrogen and oxygen atoms in total. The van der Waals surface area contributed by atoms with Gasteiger partial charge >= 0.3 is 5.97 Å². The molecule has 0 aromatic heterocycles. The van der Waals surface area contributed by atoms with Gasteiger partial charge in [0, 0.05) is 6.92 Å². The van der Waals surface area contributed by atoms with Crippen LogP contribution >= 0.6 is 0 Å². The lowest BCUT2D eigenvalue weighted by Gasteiger charge is -2.12. The second-order valence-electron chi connectivity index (χ2n) is 2.85. The molecule has 1 atom stereocenters. The average molecular weight is 172 g/mol. The Morgan fingerprint density at radius 2 is 1.92 bits per heavy atom. The highest BCUT2D eigenvalue weighted by Gasteiger charge is 2.15. The van der Waals surface area contributed by atoms with Gasteiger partial charge in [0.1, 0.15) is 0 Å². The predicted molar refractivity (Wildman–Crippen MR) is 45.8 cm³/mol. The molecule has 0 bridgehead atoms. The van der Waals surface area contributed by atoms with Crippen LogP contribution in [-0.4, -0.2) is 17.9 Å². The van der Waals surface area contributed by atoms with Gasteiger partial charge in [0.25, 0.3) is 0 Å². The van der Waals surface area contributed by atoms with Gasteiger partial charge in [-0.05, 0) is 19.8 Å². The maximum atomic E-state index is 10.9. The minimum Gasteiger partial charge on any atom is -0.455 e. The summed E-state index contributed by atoms with van der Waals surface area (Å²) in [7, 11) is 0. The van der Waals surface area contributed by atoms with Crippen molar-refractivity contribution in [2.75, 3.05) is 0 Å². The molecular formula is C9H16O3. The molecule has 0 spiro atoms. The van der Waals surface area contributed by atoms with Crippen molar-refractivity contribution < 1.29 is 14.3 Å². The van der Waals surface area contributed by atoms with Gasteiger partial charge < -0.3 is 4.74 Å². The summed E-state index contributed by atoms with van der Waals surface area (Å²) in [6, 6.07) is 0. The van der Waals surface area contributed by atoms with E-state index in [0.717, 1.165) is 12.8 Å². The van der Waals surface area contributed by atoms with Crippen LogP contribution in [0.3, 0.4) is 0 Å². The lowest BCUT2D eigenvalue weighted by molar-refractivity contribution is -0.152. The molecule has 0 N–H and O–H groups in total. The Labute approximate surface area is 73.1 Å². The van der Waals surface area contributed by atoms with Crippen LogP contribution in [0.15, 0.2) is 0 Å². The largest absolute Gasteiger partial charge is 0.455 e. The Kier molecular flexibility index (Phi) is 5.34. The van der Waals surface area contributed by atoms with Gasteiger partial charge in [-0.15, -0.1) is 0 Å². The summed E-state index contributed by atoms with van der Waals surface area (Å²) in [5.41, 5.74) is 0. The summed E-state index contributed by atoms with van der Waals surface area (Å²) in [5.74, 6) is -0.454. The van der Waals surface area contributed by atoms with Crippen LogP contribution in [0.1, 0.15) is 40.0 Å². The fourth-order valence-electron chi connectivity index (χ4n) is 0.935. The Morgan fingerprint density at radius 1 is 1.33 bits per heavy atom. The van der Waals surface area contributed by atoms with E-state index in [1.54, 1.807) is 0 Å². The molecule has 0 aliphatic rings. The SMILES string of the molecule is CCCCC(OC(C)=O)C(C)=O. The molecule has 0 aliphatic carbocycles. The van der Waals surface area contributed by atoms with Gasteiger partial charge in [0.05, 0.1) is 0 Å². The Bertz CT molecular complexity index is 163. The number of carbonyl (C=O) groups excluding carboxylic acids is 2. The highest BCUT2D eigenvalue weighted by Crippen LogP contribution is 2.06. The molecular weight excluding hydrogens is 156 g/mol. The van der Waals surface area contributed by atoms with Crippen molar-refractivity contribution in [1.82, 2.24) is 0 Å². The van der Waals surface area contributed by atoms with Gasteiger partial charge in [0.15, 0.2) is 11.9 Å². The van der Waals surface area contributed by atoms with E-state index in [1.807, 2.05) is 6.92 Å². The van der Waals surface area contributed by atoms with Crippen molar-refractivity contribution in [1.29, 1.82) is 0 Å².